The van der Waals surface area contributed by atoms with Gasteiger partial charge in [0.2, 0.25) is 0 Å². The molecule has 14 rings (SSSR count). The fourth-order valence-corrected chi connectivity index (χ4v) is 10.8. The summed E-state index contributed by atoms with van der Waals surface area (Å²) >= 11 is 0. The number of hydrogen-bond donors (Lipinski definition) is 2. The highest BCUT2D eigenvalue weighted by molar-refractivity contribution is 6.12. The molecule has 8 nitrogen and oxygen atoms in total. The Morgan fingerprint density at radius 2 is 0.700 bits per heavy atom. The van der Waals surface area contributed by atoms with Crippen molar-refractivity contribution < 1.29 is 0 Å². The Morgan fingerprint density at radius 1 is 0.312 bits per heavy atom. The number of benzene rings is 8. The molecule has 380 valence electrons. The van der Waals surface area contributed by atoms with Crippen LogP contribution < -0.4 is 0 Å². The summed E-state index contributed by atoms with van der Waals surface area (Å²) in [5.74, 6) is 0. The van der Waals surface area contributed by atoms with Crippen LogP contribution in [0.5, 0.6) is 0 Å². The third-order valence-electron chi connectivity index (χ3n) is 14.5. The highest BCUT2D eigenvalue weighted by Gasteiger charge is 2.18. The zero-order valence-electron chi connectivity index (χ0n) is 43.7. The first-order valence-electron chi connectivity index (χ1n) is 26.3. The van der Waals surface area contributed by atoms with Gasteiger partial charge >= 0.3 is 0 Å². The van der Waals surface area contributed by atoms with Crippen molar-refractivity contribution in [2.75, 3.05) is 0 Å². The van der Waals surface area contributed by atoms with Crippen molar-refractivity contribution in [3.8, 4) is 89.4 Å². The first kappa shape index (κ1) is 49.9. The topological polar surface area (TPSA) is 109 Å². The molecule has 2 N–H and O–H groups in total. The number of allylic oxidation sites excluding steroid dienone is 1. The van der Waals surface area contributed by atoms with E-state index in [0.717, 1.165) is 118 Å². The molecule has 0 unspecified atom stereocenters. The van der Waals surface area contributed by atoms with Gasteiger partial charge in [0.25, 0.3) is 0 Å². The van der Waals surface area contributed by atoms with E-state index in [4.69, 9.17) is 10.8 Å². The Morgan fingerprint density at radius 3 is 1.19 bits per heavy atom. The van der Waals surface area contributed by atoms with Crippen LogP contribution in [0.25, 0.3) is 133 Å². The Labute approximate surface area is 464 Å². The lowest BCUT2D eigenvalue weighted by Crippen LogP contribution is -1.96. The number of aromatic nitrogens is 6. The lowest BCUT2D eigenvalue weighted by atomic mass is 9.97. The van der Waals surface area contributed by atoms with E-state index in [2.05, 4.69) is 236 Å². The van der Waals surface area contributed by atoms with Crippen LogP contribution in [0.15, 0.2) is 280 Å². The molecule has 0 radical (unpaired) electrons. The molecule has 80 heavy (non-hydrogen) atoms. The van der Waals surface area contributed by atoms with Crippen molar-refractivity contribution in [1.29, 1.82) is 10.8 Å². The number of fused-ring (bicyclic) bond motifs is 6. The quantitative estimate of drug-likeness (QED) is 0.133. The second kappa shape index (κ2) is 22.3. The molecular weight excluding hydrogens is 977 g/mol. The molecule has 0 aliphatic heterocycles. The zero-order valence-corrected chi connectivity index (χ0v) is 43.7. The van der Waals surface area contributed by atoms with Crippen molar-refractivity contribution in [3.63, 3.8) is 0 Å². The van der Waals surface area contributed by atoms with Gasteiger partial charge in [0.15, 0.2) is 0 Å². The fourth-order valence-electron chi connectivity index (χ4n) is 10.8. The van der Waals surface area contributed by atoms with E-state index in [-0.39, 0.29) is 0 Å². The van der Waals surface area contributed by atoms with Gasteiger partial charge in [0.05, 0.1) is 27.8 Å². The van der Waals surface area contributed by atoms with E-state index in [1.165, 1.54) is 27.6 Å². The Kier molecular flexibility index (Phi) is 13.9. The molecule has 8 heteroatoms. The number of nitrogens with zero attached hydrogens (tertiary/aromatic N) is 6. The van der Waals surface area contributed by atoms with Gasteiger partial charge in [0, 0.05) is 105 Å². The molecular formula is C72H52N8. The Bertz CT molecular complexity index is 4410. The van der Waals surface area contributed by atoms with E-state index in [1.807, 2.05) is 73.7 Å². The summed E-state index contributed by atoms with van der Waals surface area (Å²) in [7, 11) is 0. The summed E-state index contributed by atoms with van der Waals surface area (Å²) in [5.41, 5.74) is 22.2. The van der Waals surface area contributed by atoms with Crippen LogP contribution >= 0.6 is 0 Å². The van der Waals surface area contributed by atoms with Crippen LogP contribution in [-0.2, 0) is 0 Å². The largest absolute Gasteiger partial charge is 0.317 e. The molecule has 14 aromatic rings. The van der Waals surface area contributed by atoms with Gasteiger partial charge in [-0.2, -0.15) is 0 Å². The zero-order chi connectivity index (χ0) is 54.4. The standard InChI is InChI=1S/C68H44N6.C3H5N.CH3N/c1-2-23-65-60(21-1)61-40-53(56-35-57(44-71-43-56)64-22-3-4-32-72-64)26-29-66(61)73(65)58-19-7-15-49(36-58)50-16-8-20-59(37-50)74-67-27-24-51(45-11-5-13-47(33-45)54-17-9-30-69-41-54)38-62(67)63-39-52(25-28-68(63)74)46-12-6-14-48(34-46)55-18-10-31-70-42-55;1-2-3-4;1-2/h1-44H;2-4H,1H2;2H,1H2. The maximum absolute atomic E-state index is 6.21. The molecule has 0 spiro atoms. The fraction of sp³-hybridized carbons (Fsp3) is 0. The summed E-state index contributed by atoms with van der Waals surface area (Å²) in [4.78, 5) is 18.0. The highest BCUT2D eigenvalue weighted by atomic mass is 15.0. The third kappa shape index (κ3) is 9.65. The van der Waals surface area contributed by atoms with Crippen LogP contribution in [0.2, 0.25) is 0 Å². The number of rotatable bonds is 10. The molecule has 8 aromatic carbocycles. The van der Waals surface area contributed by atoms with Crippen molar-refractivity contribution in [1.82, 2.24) is 29.1 Å². The predicted octanol–water partition coefficient (Wildman–Crippen LogP) is 18.2. The normalized spacial score (nSPS) is 10.9. The van der Waals surface area contributed by atoms with Gasteiger partial charge in [0.1, 0.15) is 0 Å². The average molecular weight is 1030 g/mol. The van der Waals surface area contributed by atoms with Gasteiger partial charge in [-0.1, -0.05) is 128 Å². The van der Waals surface area contributed by atoms with Crippen molar-refractivity contribution >= 4 is 56.5 Å². The Hall–Kier alpha value is -11.0. The number of nitrogens with one attached hydrogen (secondary N) is 2. The van der Waals surface area contributed by atoms with Crippen LogP contribution in [0.4, 0.5) is 0 Å². The van der Waals surface area contributed by atoms with Crippen LogP contribution in [0.3, 0.4) is 0 Å². The van der Waals surface area contributed by atoms with Crippen molar-refractivity contribution in [2.24, 2.45) is 0 Å². The summed E-state index contributed by atoms with van der Waals surface area (Å²) in [6.07, 6.45) is 15.7. The second-order valence-corrected chi connectivity index (χ2v) is 19.2. The lowest BCUT2D eigenvalue weighted by Gasteiger charge is -2.13. The highest BCUT2D eigenvalue weighted by Crippen LogP contribution is 2.41. The summed E-state index contributed by atoms with van der Waals surface area (Å²) < 4.78 is 4.82. The van der Waals surface area contributed by atoms with Crippen LogP contribution in [-0.4, -0.2) is 42.0 Å². The number of para-hydroxylation sites is 1. The minimum Gasteiger partial charge on any atom is -0.317 e. The van der Waals surface area contributed by atoms with Crippen LogP contribution in [0, 0.1) is 10.8 Å². The van der Waals surface area contributed by atoms with Gasteiger partial charge in [-0.05, 0) is 166 Å². The molecule has 0 bridgehead atoms. The minimum atomic E-state index is 0.905. The molecule has 0 saturated carbocycles. The maximum Gasteiger partial charge on any atom is 0.0717 e. The third-order valence-corrected chi connectivity index (χ3v) is 14.5. The molecule has 0 aliphatic carbocycles. The van der Waals surface area contributed by atoms with Gasteiger partial charge in [-0.25, -0.2) is 0 Å². The van der Waals surface area contributed by atoms with Crippen molar-refractivity contribution in [2.45, 2.75) is 0 Å². The number of hydrogen-bond acceptors (Lipinski definition) is 6. The second-order valence-electron chi connectivity index (χ2n) is 19.2. The first-order chi connectivity index (χ1) is 39.6. The van der Waals surface area contributed by atoms with E-state index < -0.39 is 0 Å². The summed E-state index contributed by atoms with van der Waals surface area (Å²) in [6.45, 7) is 5.74. The summed E-state index contributed by atoms with van der Waals surface area (Å²) in [5, 5.41) is 16.5. The SMILES string of the molecule is C=CC=N.C=N.c1ccc(-c2cncc(-c3ccc4c(c3)c3ccccc3n4-c3cccc(-c4cccc(-n5c6ccc(-c7cccc(-c8cccnc8)c7)cc6c6cc(-c7cccc(-c8cccnc8)c7)ccc65)c4)c3)c2)nc1. The average Bonchev–Trinajstić information content (AvgIpc) is 4.14. The van der Waals surface area contributed by atoms with E-state index in [9.17, 15) is 0 Å². The van der Waals surface area contributed by atoms with E-state index in [1.54, 1.807) is 0 Å². The van der Waals surface area contributed by atoms with Gasteiger partial charge in [-0.3, -0.25) is 19.9 Å². The first-order valence-corrected chi connectivity index (χ1v) is 26.3. The molecule has 6 aromatic heterocycles. The molecule has 6 heterocycles. The molecule has 0 fully saturated rings. The van der Waals surface area contributed by atoms with Crippen LogP contribution in [0.1, 0.15) is 0 Å². The molecule has 0 amide bonds. The molecule has 0 saturated heterocycles. The monoisotopic (exact) mass is 1030 g/mol. The lowest BCUT2D eigenvalue weighted by molar-refractivity contribution is 1.17. The Balaban J connectivity index is 0.00000102. The summed E-state index contributed by atoms with van der Waals surface area (Å²) in [6, 6.07) is 81.1. The predicted molar refractivity (Wildman–Crippen MR) is 333 cm³/mol. The smallest absolute Gasteiger partial charge is 0.0717 e. The van der Waals surface area contributed by atoms with Gasteiger partial charge < -0.3 is 20.0 Å². The maximum atomic E-state index is 6.21. The van der Waals surface area contributed by atoms with E-state index in [0.29, 0.717) is 0 Å². The van der Waals surface area contributed by atoms with Crippen molar-refractivity contribution in [3.05, 3.63) is 280 Å². The molecule has 0 atom stereocenters. The minimum absolute atomic E-state index is 0.905. The molecule has 0 aliphatic rings. The van der Waals surface area contributed by atoms with Gasteiger partial charge in [-0.15, -0.1) is 0 Å². The number of pyridine rings is 4. The van der Waals surface area contributed by atoms with E-state index >= 15 is 0 Å².